The Morgan fingerprint density at radius 3 is 2.71 bits per heavy atom. The minimum atomic E-state index is -1.13. The average molecular weight is 308 g/mol. The molecule has 0 saturated heterocycles. The van der Waals surface area contributed by atoms with Gasteiger partial charge in [-0.15, -0.1) is 0 Å². The molecule has 6 nitrogen and oxygen atoms in total. The maximum absolute atomic E-state index is 12.2. The zero-order valence-electron chi connectivity index (χ0n) is 11.5. The summed E-state index contributed by atoms with van der Waals surface area (Å²) in [7, 11) is 0. The van der Waals surface area contributed by atoms with E-state index in [9.17, 15) is 9.59 Å². The van der Waals surface area contributed by atoms with Crippen LogP contribution in [0.5, 0.6) is 0 Å². The van der Waals surface area contributed by atoms with Crippen LogP contribution in [0.4, 0.5) is 5.69 Å². The molecule has 1 atom stereocenters. The molecule has 2 aromatic rings. The fourth-order valence-corrected chi connectivity index (χ4v) is 2.00. The van der Waals surface area contributed by atoms with Gasteiger partial charge in [-0.05, 0) is 37.6 Å². The van der Waals surface area contributed by atoms with Crippen LogP contribution in [0.25, 0.3) is 0 Å². The molecule has 1 aromatic heterocycles. The summed E-state index contributed by atoms with van der Waals surface area (Å²) in [4.78, 5) is 23.2. The van der Waals surface area contributed by atoms with Gasteiger partial charge < -0.3 is 10.4 Å². The molecule has 2 rings (SSSR count). The van der Waals surface area contributed by atoms with Crippen LogP contribution >= 0.6 is 11.6 Å². The molecule has 0 bridgehead atoms. The van der Waals surface area contributed by atoms with E-state index in [0.29, 0.717) is 10.7 Å². The van der Waals surface area contributed by atoms with Crippen molar-refractivity contribution in [2.75, 3.05) is 5.32 Å². The first-order valence-electron chi connectivity index (χ1n) is 6.24. The number of aromatic nitrogens is 2. The topological polar surface area (TPSA) is 84.2 Å². The lowest BCUT2D eigenvalue weighted by molar-refractivity contribution is -0.119. The van der Waals surface area contributed by atoms with Crippen LogP contribution in [0.2, 0.25) is 5.02 Å². The smallest absolute Gasteiger partial charge is 0.354 e. The van der Waals surface area contributed by atoms with Crippen LogP contribution < -0.4 is 5.32 Å². The number of nitrogens with zero attached hydrogens (tertiary/aromatic N) is 2. The third-order valence-corrected chi connectivity index (χ3v) is 3.48. The van der Waals surface area contributed by atoms with E-state index in [1.54, 1.807) is 25.1 Å². The number of carbonyl (C=O) groups is 2. The van der Waals surface area contributed by atoms with Crippen LogP contribution in [-0.4, -0.2) is 26.8 Å². The lowest BCUT2D eigenvalue weighted by Gasteiger charge is -2.14. The van der Waals surface area contributed by atoms with Crippen LogP contribution in [0.15, 0.2) is 30.5 Å². The van der Waals surface area contributed by atoms with Crippen molar-refractivity contribution in [1.82, 2.24) is 9.78 Å². The largest absolute Gasteiger partial charge is 0.477 e. The highest BCUT2D eigenvalue weighted by atomic mass is 35.5. The molecule has 0 spiro atoms. The van der Waals surface area contributed by atoms with Crippen molar-refractivity contribution in [3.8, 4) is 0 Å². The highest BCUT2D eigenvalue weighted by molar-refractivity contribution is 6.31. The second-order valence-corrected chi connectivity index (χ2v) is 5.00. The summed E-state index contributed by atoms with van der Waals surface area (Å²) >= 11 is 6.00. The lowest BCUT2D eigenvalue weighted by Crippen LogP contribution is -2.26. The number of hydrogen-bond acceptors (Lipinski definition) is 3. The van der Waals surface area contributed by atoms with Crippen LogP contribution in [0, 0.1) is 6.92 Å². The number of rotatable bonds is 4. The molecule has 0 fully saturated rings. The number of hydrogen-bond donors (Lipinski definition) is 2. The molecule has 21 heavy (non-hydrogen) atoms. The zero-order valence-corrected chi connectivity index (χ0v) is 12.3. The summed E-state index contributed by atoms with van der Waals surface area (Å²) in [5.41, 5.74) is 1.41. The second-order valence-electron chi connectivity index (χ2n) is 4.60. The Bertz CT molecular complexity index is 697. The molecule has 0 radical (unpaired) electrons. The molecule has 7 heteroatoms. The maximum Gasteiger partial charge on any atom is 0.354 e. The van der Waals surface area contributed by atoms with Crippen molar-refractivity contribution in [2.24, 2.45) is 0 Å². The number of amides is 1. The van der Waals surface area contributed by atoms with Crippen molar-refractivity contribution < 1.29 is 14.7 Å². The summed E-state index contributed by atoms with van der Waals surface area (Å²) < 4.78 is 1.16. The Morgan fingerprint density at radius 2 is 2.10 bits per heavy atom. The molecule has 1 heterocycles. The van der Waals surface area contributed by atoms with Gasteiger partial charge in [-0.3, -0.25) is 4.79 Å². The Hall–Kier alpha value is -2.34. The van der Waals surface area contributed by atoms with E-state index in [1.807, 2.05) is 6.92 Å². The molecule has 0 aliphatic carbocycles. The number of halogens is 1. The zero-order chi connectivity index (χ0) is 15.6. The molecule has 1 unspecified atom stereocenters. The Labute approximate surface area is 126 Å². The number of aromatic carboxylic acids is 1. The summed E-state index contributed by atoms with van der Waals surface area (Å²) in [5, 5.41) is 16.1. The van der Waals surface area contributed by atoms with Gasteiger partial charge in [0.15, 0.2) is 0 Å². The molecule has 0 saturated carbocycles. The van der Waals surface area contributed by atoms with Crippen LogP contribution in [-0.2, 0) is 4.79 Å². The average Bonchev–Trinajstić information content (AvgIpc) is 2.91. The maximum atomic E-state index is 12.2. The molecule has 2 N–H and O–H groups in total. The number of carbonyl (C=O) groups excluding carboxylic acids is 1. The number of aryl methyl sites for hydroxylation is 1. The number of anilines is 1. The fourth-order valence-electron chi connectivity index (χ4n) is 1.82. The minimum Gasteiger partial charge on any atom is -0.477 e. The van der Waals surface area contributed by atoms with Crippen molar-refractivity contribution in [3.05, 3.63) is 46.7 Å². The molecule has 1 aromatic carbocycles. The van der Waals surface area contributed by atoms with Gasteiger partial charge in [0.2, 0.25) is 5.91 Å². The SMILES string of the molecule is Cc1ccc(NC(=O)C(C)n2nccc2C(=O)O)cc1Cl. The van der Waals surface area contributed by atoms with Gasteiger partial charge in [0.25, 0.3) is 0 Å². The van der Waals surface area contributed by atoms with E-state index < -0.39 is 12.0 Å². The minimum absolute atomic E-state index is 0.0420. The first kappa shape index (κ1) is 15.1. The number of benzene rings is 1. The highest BCUT2D eigenvalue weighted by Gasteiger charge is 2.21. The molecule has 110 valence electrons. The van der Waals surface area contributed by atoms with Crippen molar-refractivity contribution in [1.29, 1.82) is 0 Å². The Morgan fingerprint density at radius 1 is 1.38 bits per heavy atom. The van der Waals surface area contributed by atoms with E-state index >= 15 is 0 Å². The summed E-state index contributed by atoms with van der Waals surface area (Å²) in [6.45, 7) is 3.43. The summed E-state index contributed by atoms with van der Waals surface area (Å²) in [6, 6.07) is 5.75. The van der Waals surface area contributed by atoms with E-state index in [0.717, 1.165) is 10.2 Å². The number of carboxylic acid groups (broad SMARTS) is 1. The summed E-state index contributed by atoms with van der Waals surface area (Å²) in [5.74, 6) is -1.51. The second kappa shape index (κ2) is 5.97. The van der Waals surface area contributed by atoms with Gasteiger partial charge in [0.05, 0.1) is 0 Å². The van der Waals surface area contributed by atoms with Crippen molar-refractivity contribution in [3.63, 3.8) is 0 Å². The van der Waals surface area contributed by atoms with E-state index in [-0.39, 0.29) is 11.6 Å². The van der Waals surface area contributed by atoms with Crippen LogP contribution in [0.3, 0.4) is 0 Å². The van der Waals surface area contributed by atoms with Crippen LogP contribution in [0.1, 0.15) is 29.0 Å². The molecule has 1 amide bonds. The molecular formula is C14H14ClN3O3. The normalized spacial score (nSPS) is 12.0. The lowest BCUT2D eigenvalue weighted by atomic mass is 10.2. The van der Waals surface area contributed by atoms with Gasteiger partial charge in [-0.2, -0.15) is 5.10 Å². The fraction of sp³-hybridized carbons (Fsp3) is 0.214. The molecular weight excluding hydrogens is 294 g/mol. The van der Waals surface area contributed by atoms with Gasteiger partial charge in [0.1, 0.15) is 11.7 Å². The van der Waals surface area contributed by atoms with Crippen molar-refractivity contribution >= 4 is 29.2 Å². The molecule has 0 aliphatic rings. The van der Waals surface area contributed by atoms with Gasteiger partial charge in [0, 0.05) is 16.9 Å². The van der Waals surface area contributed by atoms with E-state index in [4.69, 9.17) is 16.7 Å². The standard InChI is InChI=1S/C14H14ClN3O3/c1-8-3-4-10(7-11(8)15)17-13(19)9(2)18-12(14(20)21)5-6-16-18/h3-7,9H,1-2H3,(H,17,19)(H,20,21). The molecule has 0 aliphatic heterocycles. The third-order valence-electron chi connectivity index (χ3n) is 3.08. The Balaban J connectivity index is 2.17. The monoisotopic (exact) mass is 307 g/mol. The quantitative estimate of drug-likeness (QED) is 0.909. The van der Waals surface area contributed by atoms with E-state index in [2.05, 4.69) is 10.4 Å². The van der Waals surface area contributed by atoms with Gasteiger partial charge in [-0.1, -0.05) is 17.7 Å². The predicted molar refractivity (Wildman–Crippen MR) is 78.7 cm³/mol. The third kappa shape index (κ3) is 3.22. The Kier molecular flexibility index (Phi) is 4.28. The number of nitrogens with one attached hydrogen (secondary N) is 1. The van der Waals surface area contributed by atoms with E-state index in [1.165, 1.54) is 12.3 Å². The van der Waals surface area contributed by atoms with Gasteiger partial charge >= 0.3 is 5.97 Å². The summed E-state index contributed by atoms with van der Waals surface area (Å²) in [6.07, 6.45) is 1.34. The van der Waals surface area contributed by atoms with Gasteiger partial charge in [-0.25, -0.2) is 9.48 Å². The first-order chi connectivity index (χ1) is 9.90. The number of carboxylic acids is 1. The predicted octanol–water partition coefficient (Wildman–Crippen LogP) is 2.74. The van der Waals surface area contributed by atoms with Crippen molar-refractivity contribution in [2.45, 2.75) is 19.9 Å². The first-order valence-corrected chi connectivity index (χ1v) is 6.61. The highest BCUT2D eigenvalue weighted by Crippen LogP contribution is 2.21.